The lowest BCUT2D eigenvalue weighted by Gasteiger charge is -2.14. The number of imidazole rings is 1. The zero-order chi connectivity index (χ0) is 29.0. The fourth-order valence-electron chi connectivity index (χ4n) is 4.70. The number of ether oxygens (including phenoxy) is 2. The van der Waals surface area contributed by atoms with Crippen LogP contribution in [-0.2, 0) is 16.0 Å². The van der Waals surface area contributed by atoms with Crippen molar-refractivity contribution in [2.75, 3.05) is 39.5 Å². The van der Waals surface area contributed by atoms with Crippen LogP contribution in [0.3, 0.4) is 0 Å². The van der Waals surface area contributed by atoms with Gasteiger partial charge in [0.15, 0.2) is 0 Å². The summed E-state index contributed by atoms with van der Waals surface area (Å²) in [5, 5.41) is 2.91. The summed E-state index contributed by atoms with van der Waals surface area (Å²) in [6.45, 7) is 3.37. The molecule has 1 amide bonds. The number of nitrogens with two attached hydrogens (primary N) is 1. The number of benzene rings is 3. The fraction of sp³-hybridized carbons (Fsp3) is 0.206. The second kappa shape index (κ2) is 14.8. The summed E-state index contributed by atoms with van der Waals surface area (Å²) < 4.78 is 13.0. The standard InChI is InChI=1S/C34H35N5O3/c35-17-20-41-22-23-42-21-19-37-34(40)29-15-13-26(14-16-29)25-39-32(28-10-5-2-6-11-28)31(27-8-3-1-4-9-27)38-33(39)30-12-7-18-36-24-30/h1-16,18,24H,17,19-23,25,35H2,(H,37,40). The summed E-state index contributed by atoms with van der Waals surface area (Å²) in [6.07, 6.45) is 3.60. The van der Waals surface area contributed by atoms with E-state index >= 15 is 0 Å². The smallest absolute Gasteiger partial charge is 0.251 e. The monoisotopic (exact) mass is 561 g/mol. The maximum Gasteiger partial charge on any atom is 0.251 e. The van der Waals surface area contributed by atoms with E-state index in [1.165, 1.54) is 0 Å². The first-order chi connectivity index (χ1) is 20.7. The van der Waals surface area contributed by atoms with E-state index in [2.05, 4.69) is 39.1 Å². The quantitative estimate of drug-likeness (QED) is 0.184. The highest BCUT2D eigenvalue weighted by Crippen LogP contribution is 2.36. The van der Waals surface area contributed by atoms with Gasteiger partial charge >= 0.3 is 0 Å². The Kier molecular flexibility index (Phi) is 10.2. The zero-order valence-corrected chi connectivity index (χ0v) is 23.5. The number of aromatic nitrogens is 3. The van der Waals surface area contributed by atoms with Crippen molar-refractivity contribution in [3.05, 3.63) is 121 Å². The Morgan fingerprint density at radius 2 is 1.43 bits per heavy atom. The molecule has 0 saturated carbocycles. The number of pyridine rings is 1. The molecule has 0 unspecified atom stereocenters. The first-order valence-electron chi connectivity index (χ1n) is 14.1. The van der Waals surface area contributed by atoms with Gasteiger partial charge in [0.2, 0.25) is 0 Å². The van der Waals surface area contributed by atoms with Crippen LogP contribution in [0.4, 0.5) is 0 Å². The van der Waals surface area contributed by atoms with Gasteiger partial charge in [-0.05, 0) is 29.8 Å². The van der Waals surface area contributed by atoms with Gasteiger partial charge in [-0.1, -0.05) is 72.8 Å². The minimum Gasteiger partial charge on any atom is -0.378 e. The molecule has 42 heavy (non-hydrogen) atoms. The molecule has 0 aliphatic carbocycles. The van der Waals surface area contributed by atoms with Crippen molar-refractivity contribution in [3.8, 4) is 33.9 Å². The van der Waals surface area contributed by atoms with Gasteiger partial charge in [0.25, 0.3) is 5.91 Å². The lowest BCUT2D eigenvalue weighted by Crippen LogP contribution is -2.27. The third-order valence-corrected chi connectivity index (χ3v) is 6.70. The number of carbonyl (C=O) groups is 1. The molecule has 2 aromatic heterocycles. The van der Waals surface area contributed by atoms with Crippen molar-refractivity contribution in [3.63, 3.8) is 0 Å². The van der Waals surface area contributed by atoms with Gasteiger partial charge in [-0.3, -0.25) is 9.78 Å². The Balaban J connectivity index is 1.38. The molecule has 8 nitrogen and oxygen atoms in total. The molecule has 5 rings (SSSR count). The van der Waals surface area contributed by atoms with Gasteiger partial charge in [0.05, 0.1) is 37.8 Å². The predicted molar refractivity (Wildman–Crippen MR) is 165 cm³/mol. The van der Waals surface area contributed by atoms with Gasteiger partial charge in [0, 0.05) is 54.3 Å². The number of nitrogens with zero attached hydrogens (tertiary/aromatic N) is 3. The average molecular weight is 562 g/mol. The van der Waals surface area contributed by atoms with Crippen LogP contribution in [-0.4, -0.2) is 60.0 Å². The van der Waals surface area contributed by atoms with Crippen LogP contribution in [0.25, 0.3) is 33.9 Å². The van der Waals surface area contributed by atoms with Crippen molar-refractivity contribution in [2.45, 2.75) is 6.54 Å². The molecule has 3 aromatic carbocycles. The first kappa shape index (κ1) is 28.9. The van der Waals surface area contributed by atoms with Gasteiger partial charge in [0.1, 0.15) is 5.82 Å². The number of hydrogen-bond acceptors (Lipinski definition) is 6. The van der Waals surface area contributed by atoms with Crippen molar-refractivity contribution in [1.29, 1.82) is 0 Å². The zero-order valence-electron chi connectivity index (χ0n) is 23.5. The van der Waals surface area contributed by atoms with E-state index in [0.29, 0.717) is 51.6 Å². The number of rotatable bonds is 14. The Hall–Kier alpha value is -4.63. The van der Waals surface area contributed by atoms with E-state index in [4.69, 9.17) is 20.2 Å². The molecule has 3 N–H and O–H groups in total. The summed E-state index contributed by atoms with van der Waals surface area (Å²) in [6, 6.07) is 32.2. The van der Waals surface area contributed by atoms with E-state index in [1.54, 1.807) is 6.20 Å². The SMILES string of the molecule is NCCOCCOCCNC(=O)c1ccc(Cn2c(-c3cccnc3)nc(-c3ccccc3)c2-c2ccccc2)cc1. The molecule has 0 bridgehead atoms. The third kappa shape index (κ3) is 7.36. The second-order valence-corrected chi connectivity index (χ2v) is 9.66. The van der Waals surface area contributed by atoms with Gasteiger partial charge in [-0.25, -0.2) is 4.98 Å². The molecule has 0 spiro atoms. The van der Waals surface area contributed by atoms with Crippen LogP contribution >= 0.6 is 0 Å². The number of amides is 1. The van der Waals surface area contributed by atoms with Crippen LogP contribution in [0.15, 0.2) is 109 Å². The molecule has 8 heteroatoms. The highest BCUT2D eigenvalue weighted by Gasteiger charge is 2.21. The van der Waals surface area contributed by atoms with Crippen LogP contribution in [0.1, 0.15) is 15.9 Å². The normalized spacial score (nSPS) is 11.0. The Bertz CT molecular complexity index is 1540. The molecular weight excluding hydrogens is 526 g/mol. The molecule has 0 saturated heterocycles. The van der Waals surface area contributed by atoms with Crippen LogP contribution < -0.4 is 11.1 Å². The highest BCUT2D eigenvalue weighted by atomic mass is 16.5. The summed E-state index contributed by atoms with van der Waals surface area (Å²) in [7, 11) is 0. The summed E-state index contributed by atoms with van der Waals surface area (Å²) >= 11 is 0. The van der Waals surface area contributed by atoms with Gasteiger partial charge in [-0.2, -0.15) is 0 Å². The van der Waals surface area contributed by atoms with E-state index in [-0.39, 0.29) is 5.91 Å². The molecule has 0 atom stereocenters. The molecule has 214 valence electrons. The van der Waals surface area contributed by atoms with Crippen molar-refractivity contribution in [2.24, 2.45) is 5.73 Å². The molecule has 2 heterocycles. The minimum absolute atomic E-state index is 0.139. The van der Waals surface area contributed by atoms with Crippen molar-refractivity contribution in [1.82, 2.24) is 19.9 Å². The topological polar surface area (TPSA) is 104 Å². The number of nitrogens with one attached hydrogen (secondary N) is 1. The summed E-state index contributed by atoms with van der Waals surface area (Å²) in [4.78, 5) is 22.2. The average Bonchev–Trinajstić information content (AvgIpc) is 3.43. The van der Waals surface area contributed by atoms with Gasteiger partial charge < -0.3 is 25.1 Å². The molecule has 0 aliphatic heterocycles. The summed E-state index contributed by atoms with van der Waals surface area (Å²) in [5.41, 5.74) is 12.0. The lowest BCUT2D eigenvalue weighted by molar-refractivity contribution is 0.0511. The van der Waals surface area contributed by atoms with E-state index in [1.807, 2.05) is 79.0 Å². The minimum atomic E-state index is -0.139. The molecule has 5 aromatic rings. The van der Waals surface area contributed by atoms with E-state index in [9.17, 15) is 4.79 Å². The second-order valence-electron chi connectivity index (χ2n) is 9.66. The maximum atomic E-state index is 12.7. The number of carbonyl (C=O) groups excluding carboxylic acids is 1. The van der Waals surface area contributed by atoms with Crippen LogP contribution in [0.5, 0.6) is 0 Å². The van der Waals surface area contributed by atoms with Gasteiger partial charge in [-0.15, -0.1) is 0 Å². The molecule has 0 fully saturated rings. The van der Waals surface area contributed by atoms with Crippen molar-refractivity contribution >= 4 is 5.91 Å². The van der Waals surface area contributed by atoms with Crippen LogP contribution in [0, 0.1) is 0 Å². The van der Waals surface area contributed by atoms with Crippen LogP contribution in [0.2, 0.25) is 0 Å². The Labute approximate surface area is 246 Å². The largest absolute Gasteiger partial charge is 0.378 e. The molecular formula is C34H35N5O3. The first-order valence-corrected chi connectivity index (χ1v) is 14.1. The molecule has 0 aliphatic rings. The Morgan fingerprint density at radius 1 is 0.762 bits per heavy atom. The predicted octanol–water partition coefficient (Wildman–Crippen LogP) is 5.05. The maximum absolute atomic E-state index is 12.7. The van der Waals surface area contributed by atoms with E-state index in [0.717, 1.165) is 39.5 Å². The molecule has 0 radical (unpaired) electrons. The van der Waals surface area contributed by atoms with E-state index < -0.39 is 0 Å². The Morgan fingerprint density at radius 3 is 2.10 bits per heavy atom. The lowest BCUT2D eigenvalue weighted by atomic mass is 10.0. The highest BCUT2D eigenvalue weighted by molar-refractivity contribution is 5.94. The third-order valence-electron chi connectivity index (χ3n) is 6.70. The summed E-state index contributed by atoms with van der Waals surface area (Å²) in [5.74, 6) is 0.690. The van der Waals surface area contributed by atoms with Crippen molar-refractivity contribution < 1.29 is 14.3 Å². The number of hydrogen-bond donors (Lipinski definition) is 2. The fourth-order valence-corrected chi connectivity index (χ4v) is 4.70.